The van der Waals surface area contributed by atoms with Crippen LogP contribution < -0.4 is 5.32 Å². The van der Waals surface area contributed by atoms with Crippen molar-refractivity contribution < 1.29 is 5.11 Å². The lowest BCUT2D eigenvalue weighted by atomic mass is 9.96. The topological polar surface area (TPSA) is 68.9 Å². The van der Waals surface area contributed by atoms with Crippen LogP contribution in [0.2, 0.25) is 0 Å². The molecule has 2 aromatic rings. The van der Waals surface area contributed by atoms with E-state index in [2.05, 4.69) is 10.3 Å². The van der Waals surface area contributed by atoms with Crippen LogP contribution >= 0.6 is 0 Å². The molecule has 4 nitrogen and oxygen atoms in total. The maximum atomic E-state index is 10.4. The lowest BCUT2D eigenvalue weighted by Crippen LogP contribution is -2.30. The van der Waals surface area contributed by atoms with Crippen LogP contribution in [0.3, 0.4) is 0 Å². The molecule has 0 fully saturated rings. The van der Waals surface area contributed by atoms with Crippen LogP contribution in [0, 0.1) is 11.3 Å². The highest BCUT2D eigenvalue weighted by atomic mass is 16.3. The third-order valence-electron chi connectivity index (χ3n) is 2.87. The van der Waals surface area contributed by atoms with Gasteiger partial charge < -0.3 is 10.4 Å². The fourth-order valence-corrected chi connectivity index (χ4v) is 1.76. The Labute approximate surface area is 112 Å². The van der Waals surface area contributed by atoms with Crippen LogP contribution in [0.1, 0.15) is 18.2 Å². The van der Waals surface area contributed by atoms with Crippen molar-refractivity contribution in [2.45, 2.75) is 12.5 Å². The second-order valence-corrected chi connectivity index (χ2v) is 4.51. The molecule has 4 heteroatoms. The van der Waals surface area contributed by atoms with Gasteiger partial charge in [0.1, 0.15) is 23.2 Å². The van der Waals surface area contributed by atoms with Crippen molar-refractivity contribution in [3.63, 3.8) is 0 Å². The minimum absolute atomic E-state index is 0.318. The van der Waals surface area contributed by atoms with E-state index < -0.39 is 5.60 Å². The number of nitrogens with one attached hydrogen (secondary N) is 1. The number of hydrogen-bond acceptors (Lipinski definition) is 4. The molecule has 0 aliphatic heterocycles. The van der Waals surface area contributed by atoms with Crippen molar-refractivity contribution in [2.24, 2.45) is 0 Å². The van der Waals surface area contributed by atoms with Crippen molar-refractivity contribution in [1.82, 2.24) is 4.98 Å². The van der Waals surface area contributed by atoms with E-state index in [1.54, 1.807) is 25.1 Å². The predicted molar refractivity (Wildman–Crippen MR) is 73.5 cm³/mol. The molecule has 1 heterocycles. The maximum absolute atomic E-state index is 10.4. The lowest BCUT2D eigenvalue weighted by Gasteiger charge is -2.24. The molecular weight excluding hydrogens is 238 g/mol. The molecule has 2 N–H and O–H groups in total. The SMILES string of the molecule is CC(O)(CNc1cccc(C#N)n1)c1ccccc1. The Hall–Kier alpha value is -2.38. The number of pyridine rings is 1. The minimum Gasteiger partial charge on any atom is -0.384 e. The third-order valence-corrected chi connectivity index (χ3v) is 2.87. The predicted octanol–water partition coefficient (Wildman–Crippen LogP) is 2.27. The molecule has 0 radical (unpaired) electrons. The molecule has 1 aromatic heterocycles. The fourth-order valence-electron chi connectivity index (χ4n) is 1.76. The van der Waals surface area contributed by atoms with Crippen LogP contribution in [-0.4, -0.2) is 16.6 Å². The summed E-state index contributed by atoms with van der Waals surface area (Å²) in [5.74, 6) is 0.579. The average molecular weight is 253 g/mol. The van der Waals surface area contributed by atoms with E-state index in [0.29, 0.717) is 18.1 Å². The molecule has 1 atom stereocenters. The quantitative estimate of drug-likeness (QED) is 0.877. The fraction of sp³-hybridized carbons (Fsp3) is 0.200. The van der Waals surface area contributed by atoms with Gasteiger partial charge in [0.2, 0.25) is 0 Å². The zero-order valence-electron chi connectivity index (χ0n) is 10.7. The highest BCUT2D eigenvalue weighted by molar-refractivity contribution is 5.39. The number of hydrogen-bond donors (Lipinski definition) is 2. The summed E-state index contributed by atoms with van der Waals surface area (Å²) in [7, 11) is 0. The van der Waals surface area contributed by atoms with E-state index in [9.17, 15) is 5.11 Å². The van der Waals surface area contributed by atoms with E-state index in [-0.39, 0.29) is 0 Å². The van der Waals surface area contributed by atoms with Gasteiger partial charge in [-0.3, -0.25) is 0 Å². The molecule has 1 unspecified atom stereocenters. The number of aromatic nitrogens is 1. The first kappa shape index (κ1) is 13.1. The zero-order valence-corrected chi connectivity index (χ0v) is 10.7. The molecule has 0 aliphatic carbocycles. The second kappa shape index (κ2) is 5.51. The third kappa shape index (κ3) is 3.30. The van der Waals surface area contributed by atoms with Crippen LogP contribution in [0.25, 0.3) is 0 Å². The van der Waals surface area contributed by atoms with E-state index in [0.717, 1.165) is 5.56 Å². The van der Waals surface area contributed by atoms with E-state index >= 15 is 0 Å². The van der Waals surface area contributed by atoms with Gasteiger partial charge in [-0.2, -0.15) is 5.26 Å². The lowest BCUT2D eigenvalue weighted by molar-refractivity contribution is 0.0714. The normalized spacial score (nSPS) is 13.3. The van der Waals surface area contributed by atoms with Crippen molar-refractivity contribution in [2.75, 3.05) is 11.9 Å². The van der Waals surface area contributed by atoms with Gasteiger partial charge in [-0.1, -0.05) is 36.4 Å². The standard InChI is InChI=1S/C15H15N3O/c1-15(19,12-6-3-2-4-7-12)11-17-14-9-5-8-13(10-16)18-14/h2-9,19H,11H2,1H3,(H,17,18). The van der Waals surface area contributed by atoms with Crippen LogP contribution in [0.4, 0.5) is 5.82 Å². The van der Waals surface area contributed by atoms with Crippen molar-refractivity contribution in [3.8, 4) is 6.07 Å². The van der Waals surface area contributed by atoms with Gasteiger partial charge in [0.25, 0.3) is 0 Å². The van der Waals surface area contributed by atoms with Crippen molar-refractivity contribution in [3.05, 3.63) is 59.8 Å². The molecule has 1 aromatic carbocycles. The average Bonchev–Trinajstić information content (AvgIpc) is 2.46. The number of rotatable bonds is 4. The highest BCUT2D eigenvalue weighted by Gasteiger charge is 2.22. The minimum atomic E-state index is -0.994. The molecule has 0 spiro atoms. The van der Waals surface area contributed by atoms with Gasteiger partial charge >= 0.3 is 0 Å². The molecule has 19 heavy (non-hydrogen) atoms. The summed E-state index contributed by atoms with van der Waals surface area (Å²) < 4.78 is 0. The number of benzene rings is 1. The van der Waals surface area contributed by atoms with Crippen LogP contribution in [0.5, 0.6) is 0 Å². The molecule has 0 amide bonds. The Morgan fingerprint density at radius 1 is 1.21 bits per heavy atom. The first-order chi connectivity index (χ1) is 9.12. The summed E-state index contributed by atoms with van der Waals surface area (Å²) in [4.78, 5) is 4.10. The maximum Gasteiger partial charge on any atom is 0.142 e. The molecule has 0 aliphatic rings. The van der Waals surface area contributed by atoms with Gasteiger partial charge in [-0.05, 0) is 24.6 Å². The van der Waals surface area contributed by atoms with Crippen LogP contribution in [0.15, 0.2) is 48.5 Å². The highest BCUT2D eigenvalue weighted by Crippen LogP contribution is 2.20. The van der Waals surface area contributed by atoms with E-state index in [1.165, 1.54) is 0 Å². The Morgan fingerprint density at radius 2 is 1.95 bits per heavy atom. The second-order valence-electron chi connectivity index (χ2n) is 4.51. The Morgan fingerprint density at radius 3 is 2.63 bits per heavy atom. The van der Waals surface area contributed by atoms with Gasteiger partial charge in [-0.25, -0.2) is 4.98 Å². The summed E-state index contributed by atoms with van der Waals surface area (Å²) in [6.07, 6.45) is 0. The van der Waals surface area contributed by atoms with Gasteiger partial charge in [-0.15, -0.1) is 0 Å². The summed E-state index contributed by atoms with van der Waals surface area (Å²) in [6.45, 7) is 2.06. The largest absolute Gasteiger partial charge is 0.384 e. The van der Waals surface area contributed by atoms with E-state index in [4.69, 9.17) is 5.26 Å². The van der Waals surface area contributed by atoms with Crippen LogP contribution in [-0.2, 0) is 5.60 Å². The molecular formula is C15H15N3O. The van der Waals surface area contributed by atoms with Gasteiger partial charge in [0, 0.05) is 6.54 Å². The Kier molecular flexibility index (Phi) is 3.79. The zero-order chi connectivity index (χ0) is 13.7. The summed E-state index contributed by atoms with van der Waals surface area (Å²) >= 11 is 0. The number of nitriles is 1. The number of aliphatic hydroxyl groups is 1. The summed E-state index contributed by atoms with van der Waals surface area (Å²) in [6, 6.07) is 16.6. The molecule has 0 saturated heterocycles. The Bertz CT molecular complexity index is 588. The molecule has 0 saturated carbocycles. The molecule has 2 rings (SSSR count). The van der Waals surface area contributed by atoms with E-state index in [1.807, 2.05) is 36.4 Å². The van der Waals surface area contributed by atoms with Gasteiger partial charge in [0.15, 0.2) is 0 Å². The van der Waals surface area contributed by atoms with Crippen molar-refractivity contribution >= 4 is 5.82 Å². The first-order valence-corrected chi connectivity index (χ1v) is 6.01. The van der Waals surface area contributed by atoms with Gasteiger partial charge in [0.05, 0.1) is 0 Å². The monoisotopic (exact) mass is 253 g/mol. The van der Waals surface area contributed by atoms with Crippen molar-refractivity contribution in [1.29, 1.82) is 5.26 Å². The Balaban J connectivity index is 2.07. The molecule has 0 bridgehead atoms. The first-order valence-electron chi connectivity index (χ1n) is 6.01. The summed E-state index contributed by atoms with van der Waals surface area (Å²) in [5.41, 5.74) is 0.189. The number of nitrogens with zero attached hydrogens (tertiary/aromatic N) is 2. The molecule has 96 valence electrons. The summed E-state index contributed by atoms with van der Waals surface area (Å²) in [5, 5.41) is 22.2. The smallest absolute Gasteiger partial charge is 0.142 e. The number of anilines is 1.